The maximum Gasteiger partial charge on any atom is 0.407 e. The number of carbonyl (C=O) groups excluding carboxylic acids is 2. The standard InChI is InChI=1S/C33H38Cl2N2O5/c1-5-40-31(41-6-2)19-37(21(3)4)32(38)30(18-22-15-16-28(34)29(35)17-22)36-33(39)42-20-27-25-13-9-7-11-23(25)24-12-8-10-14-26(24)27/h7-17,21,27,30-31H,5-6,18-20H2,1-4H3,(H,36,39). The van der Waals surface area contributed by atoms with Gasteiger partial charge in [-0.3, -0.25) is 4.79 Å². The van der Waals surface area contributed by atoms with Gasteiger partial charge in [-0.2, -0.15) is 0 Å². The highest BCUT2D eigenvalue weighted by Gasteiger charge is 2.32. The molecule has 2 amide bonds. The van der Waals surface area contributed by atoms with E-state index < -0.39 is 18.4 Å². The summed E-state index contributed by atoms with van der Waals surface area (Å²) >= 11 is 12.4. The average molecular weight is 614 g/mol. The molecule has 3 aromatic rings. The first kappa shape index (κ1) is 31.8. The summed E-state index contributed by atoms with van der Waals surface area (Å²) in [6, 6.07) is 20.3. The lowest BCUT2D eigenvalue weighted by atomic mass is 9.98. The van der Waals surface area contributed by atoms with Crippen LogP contribution in [0.1, 0.15) is 50.3 Å². The number of alkyl carbamates (subject to hydrolysis) is 1. The zero-order chi connectivity index (χ0) is 30.2. The molecule has 224 valence electrons. The number of nitrogens with one attached hydrogen (secondary N) is 1. The van der Waals surface area contributed by atoms with Gasteiger partial charge in [0.05, 0.1) is 16.6 Å². The Balaban J connectivity index is 1.53. The number of ether oxygens (including phenoxy) is 3. The molecule has 9 heteroatoms. The summed E-state index contributed by atoms with van der Waals surface area (Å²) in [5, 5.41) is 3.61. The van der Waals surface area contributed by atoms with Crippen molar-refractivity contribution in [1.29, 1.82) is 0 Å². The van der Waals surface area contributed by atoms with Crippen LogP contribution in [0, 0.1) is 0 Å². The second-order valence-electron chi connectivity index (χ2n) is 10.4. The van der Waals surface area contributed by atoms with Crippen LogP contribution in [0.2, 0.25) is 10.0 Å². The highest BCUT2D eigenvalue weighted by molar-refractivity contribution is 6.42. The smallest absolute Gasteiger partial charge is 0.407 e. The molecule has 0 heterocycles. The molecule has 4 rings (SSSR count). The van der Waals surface area contributed by atoms with Gasteiger partial charge >= 0.3 is 6.09 Å². The van der Waals surface area contributed by atoms with E-state index in [2.05, 4.69) is 29.6 Å². The molecule has 1 N–H and O–H groups in total. The van der Waals surface area contributed by atoms with Crippen LogP contribution in [-0.2, 0) is 25.4 Å². The van der Waals surface area contributed by atoms with Crippen molar-refractivity contribution in [2.24, 2.45) is 0 Å². The van der Waals surface area contributed by atoms with Gasteiger partial charge in [0.1, 0.15) is 12.6 Å². The highest BCUT2D eigenvalue weighted by Crippen LogP contribution is 2.44. The molecule has 1 aliphatic rings. The summed E-state index contributed by atoms with van der Waals surface area (Å²) in [6.45, 7) is 8.80. The van der Waals surface area contributed by atoms with Gasteiger partial charge in [-0.25, -0.2) is 4.79 Å². The molecule has 1 atom stereocenters. The van der Waals surface area contributed by atoms with Crippen LogP contribution in [0.5, 0.6) is 0 Å². The third kappa shape index (κ3) is 7.64. The molecule has 0 aliphatic heterocycles. The lowest BCUT2D eigenvalue weighted by molar-refractivity contribution is -0.162. The quantitative estimate of drug-likeness (QED) is 0.209. The topological polar surface area (TPSA) is 77.1 Å². The Kier molecular flexibility index (Phi) is 11.3. The molecule has 7 nitrogen and oxygen atoms in total. The predicted molar refractivity (Wildman–Crippen MR) is 166 cm³/mol. The van der Waals surface area contributed by atoms with Crippen LogP contribution in [0.3, 0.4) is 0 Å². The first-order valence-corrected chi connectivity index (χ1v) is 15.1. The molecular weight excluding hydrogens is 575 g/mol. The van der Waals surface area contributed by atoms with E-state index >= 15 is 0 Å². The summed E-state index contributed by atoms with van der Waals surface area (Å²) in [5.41, 5.74) is 5.25. The number of benzene rings is 3. The van der Waals surface area contributed by atoms with E-state index in [-0.39, 0.29) is 37.4 Å². The van der Waals surface area contributed by atoms with Crippen molar-refractivity contribution in [3.05, 3.63) is 93.5 Å². The highest BCUT2D eigenvalue weighted by atomic mass is 35.5. The summed E-state index contributed by atoms with van der Waals surface area (Å²) in [5.74, 6) is -0.383. The normalized spacial score (nSPS) is 13.1. The van der Waals surface area contributed by atoms with Gasteiger partial charge in [-0.05, 0) is 67.6 Å². The Bertz CT molecular complexity index is 1330. The SMILES string of the molecule is CCOC(CN(C(=O)C(Cc1ccc(Cl)c(Cl)c1)NC(=O)OCC1c2ccccc2-c2ccccc21)C(C)C)OCC. The zero-order valence-electron chi connectivity index (χ0n) is 24.4. The molecule has 0 fully saturated rings. The van der Waals surface area contributed by atoms with Crippen LogP contribution >= 0.6 is 23.2 Å². The molecular formula is C33H38Cl2N2O5. The minimum absolute atomic E-state index is 0.0994. The van der Waals surface area contributed by atoms with Gasteiger partial charge in [0.15, 0.2) is 6.29 Å². The van der Waals surface area contributed by atoms with Crippen molar-refractivity contribution in [3.8, 4) is 11.1 Å². The van der Waals surface area contributed by atoms with Gasteiger partial charge in [0.2, 0.25) is 5.91 Å². The lowest BCUT2D eigenvalue weighted by Gasteiger charge is -2.33. The Hall–Kier alpha value is -3.10. The zero-order valence-corrected chi connectivity index (χ0v) is 26.0. The third-order valence-electron chi connectivity index (χ3n) is 7.32. The van der Waals surface area contributed by atoms with E-state index in [1.807, 2.05) is 52.0 Å². The molecule has 1 aliphatic carbocycles. The van der Waals surface area contributed by atoms with Crippen LogP contribution in [0.25, 0.3) is 11.1 Å². The number of amides is 2. The molecule has 0 aromatic heterocycles. The molecule has 0 saturated carbocycles. The summed E-state index contributed by atoms with van der Waals surface area (Å²) in [7, 11) is 0. The van der Waals surface area contributed by atoms with Crippen molar-refractivity contribution in [2.45, 2.75) is 58.4 Å². The summed E-state index contributed by atoms with van der Waals surface area (Å²) in [6.07, 6.45) is -1.08. The number of halogens is 2. The van der Waals surface area contributed by atoms with Gasteiger partial charge in [0, 0.05) is 31.6 Å². The fourth-order valence-corrected chi connectivity index (χ4v) is 5.65. The van der Waals surface area contributed by atoms with Crippen molar-refractivity contribution in [2.75, 3.05) is 26.4 Å². The monoisotopic (exact) mass is 612 g/mol. The number of carbonyl (C=O) groups is 2. The molecule has 0 saturated heterocycles. The molecule has 1 unspecified atom stereocenters. The summed E-state index contributed by atoms with van der Waals surface area (Å²) < 4.78 is 17.2. The van der Waals surface area contributed by atoms with Gasteiger partial charge in [-0.15, -0.1) is 0 Å². The molecule has 42 heavy (non-hydrogen) atoms. The predicted octanol–water partition coefficient (Wildman–Crippen LogP) is 7.08. The number of hydrogen-bond donors (Lipinski definition) is 1. The molecule has 0 spiro atoms. The van der Waals surface area contributed by atoms with E-state index in [1.165, 1.54) is 0 Å². The van der Waals surface area contributed by atoms with Crippen LogP contribution in [0.15, 0.2) is 66.7 Å². The molecule has 3 aromatic carbocycles. The lowest BCUT2D eigenvalue weighted by Crippen LogP contribution is -2.54. The summed E-state index contributed by atoms with van der Waals surface area (Å²) in [4.78, 5) is 28.9. The van der Waals surface area contributed by atoms with E-state index in [0.29, 0.717) is 23.3 Å². The van der Waals surface area contributed by atoms with Crippen molar-refractivity contribution < 1.29 is 23.8 Å². The van der Waals surface area contributed by atoms with Crippen LogP contribution in [-0.4, -0.2) is 61.6 Å². The minimum Gasteiger partial charge on any atom is -0.449 e. The maximum absolute atomic E-state index is 14.0. The first-order chi connectivity index (χ1) is 20.2. The second-order valence-corrected chi connectivity index (χ2v) is 11.2. The minimum atomic E-state index is -0.927. The van der Waals surface area contributed by atoms with Crippen molar-refractivity contribution in [1.82, 2.24) is 10.2 Å². The Labute approximate surface area is 258 Å². The largest absolute Gasteiger partial charge is 0.449 e. The first-order valence-electron chi connectivity index (χ1n) is 14.3. The Morgan fingerprint density at radius 1 is 0.881 bits per heavy atom. The number of hydrogen-bond acceptors (Lipinski definition) is 5. The number of fused-ring (bicyclic) bond motifs is 3. The fraction of sp³-hybridized carbons (Fsp3) is 0.394. The van der Waals surface area contributed by atoms with Gasteiger partial charge in [-0.1, -0.05) is 77.8 Å². The number of nitrogens with zero attached hydrogens (tertiary/aromatic N) is 1. The number of rotatable bonds is 13. The van der Waals surface area contributed by atoms with Gasteiger partial charge < -0.3 is 24.4 Å². The van der Waals surface area contributed by atoms with E-state index in [9.17, 15) is 9.59 Å². The molecule has 0 radical (unpaired) electrons. The van der Waals surface area contributed by atoms with Crippen molar-refractivity contribution >= 4 is 35.2 Å². The maximum atomic E-state index is 14.0. The van der Waals surface area contributed by atoms with Crippen LogP contribution in [0.4, 0.5) is 4.79 Å². The fourth-order valence-electron chi connectivity index (χ4n) is 5.33. The average Bonchev–Trinajstić information content (AvgIpc) is 3.29. The molecule has 0 bridgehead atoms. The Morgan fingerprint density at radius 2 is 1.48 bits per heavy atom. The third-order valence-corrected chi connectivity index (χ3v) is 8.05. The van der Waals surface area contributed by atoms with Gasteiger partial charge in [0.25, 0.3) is 0 Å². The van der Waals surface area contributed by atoms with E-state index in [1.54, 1.807) is 23.1 Å². The Morgan fingerprint density at radius 3 is 2.02 bits per heavy atom. The second kappa shape index (κ2) is 14.9. The van der Waals surface area contributed by atoms with E-state index in [4.69, 9.17) is 37.4 Å². The van der Waals surface area contributed by atoms with E-state index in [0.717, 1.165) is 27.8 Å². The van der Waals surface area contributed by atoms with Crippen molar-refractivity contribution in [3.63, 3.8) is 0 Å². The van der Waals surface area contributed by atoms with Crippen LogP contribution < -0.4 is 5.32 Å².